The van der Waals surface area contributed by atoms with E-state index in [0.717, 1.165) is 19.5 Å². The summed E-state index contributed by atoms with van der Waals surface area (Å²) < 4.78 is 22.3. The van der Waals surface area contributed by atoms with Gasteiger partial charge < -0.3 is 5.32 Å². The van der Waals surface area contributed by atoms with Crippen molar-refractivity contribution in [2.45, 2.75) is 34.1 Å². The first-order chi connectivity index (χ1) is 6.71. The highest BCUT2D eigenvalue weighted by atomic mass is 32.2. The Hall–Kier alpha value is -0.0900. The lowest BCUT2D eigenvalue weighted by molar-refractivity contribution is 0.203. The summed E-state index contributed by atoms with van der Waals surface area (Å²) in [5, 5.41) is 3.31. The Morgan fingerprint density at radius 3 is 2.20 bits per heavy atom. The quantitative estimate of drug-likeness (QED) is 0.730. The molecule has 0 rings (SSSR count). The summed E-state index contributed by atoms with van der Waals surface area (Å²) in [6, 6.07) is 0. The van der Waals surface area contributed by atoms with E-state index in [1.807, 2.05) is 0 Å². The van der Waals surface area contributed by atoms with Gasteiger partial charge in [0, 0.05) is 12.8 Å². The zero-order chi connectivity index (χ0) is 12.1. The second kappa shape index (κ2) is 5.85. The zero-order valence-corrected chi connectivity index (χ0v) is 11.4. The number of nitrogens with one attached hydrogen (secondary N) is 1. The highest BCUT2D eigenvalue weighted by Gasteiger charge is 2.28. The Morgan fingerprint density at radius 1 is 1.33 bits per heavy atom. The van der Waals surface area contributed by atoms with Crippen LogP contribution in [0.4, 0.5) is 0 Å². The lowest BCUT2D eigenvalue weighted by Gasteiger charge is -2.34. The highest BCUT2D eigenvalue weighted by Crippen LogP contribution is 2.30. The van der Waals surface area contributed by atoms with E-state index in [2.05, 4.69) is 33.0 Å². The second-order valence-corrected chi connectivity index (χ2v) is 7.23. The van der Waals surface area contributed by atoms with Crippen LogP contribution in [0.1, 0.15) is 34.1 Å². The van der Waals surface area contributed by atoms with Gasteiger partial charge in [-0.15, -0.1) is 0 Å². The van der Waals surface area contributed by atoms with Crippen molar-refractivity contribution in [3.05, 3.63) is 0 Å². The number of sulfone groups is 1. The van der Waals surface area contributed by atoms with E-state index in [1.54, 1.807) is 0 Å². The van der Waals surface area contributed by atoms with E-state index in [4.69, 9.17) is 0 Å². The Morgan fingerprint density at radius 2 is 1.87 bits per heavy atom. The van der Waals surface area contributed by atoms with Gasteiger partial charge in [-0.25, -0.2) is 8.42 Å². The molecule has 0 aliphatic rings. The monoisotopic (exact) mass is 235 g/mol. The third-order valence-electron chi connectivity index (χ3n) is 3.22. The van der Waals surface area contributed by atoms with Crippen molar-refractivity contribution in [3.63, 3.8) is 0 Å². The van der Waals surface area contributed by atoms with Gasteiger partial charge in [-0.3, -0.25) is 0 Å². The predicted molar refractivity (Wildman–Crippen MR) is 65.8 cm³/mol. The van der Waals surface area contributed by atoms with Crippen LogP contribution in [0, 0.1) is 11.3 Å². The van der Waals surface area contributed by atoms with E-state index < -0.39 is 9.84 Å². The van der Waals surface area contributed by atoms with E-state index in [0.29, 0.717) is 5.92 Å². The molecule has 0 saturated carbocycles. The maximum Gasteiger partial charge on any atom is 0.147 e. The molecule has 0 bridgehead atoms. The Balaban J connectivity index is 4.38. The molecule has 0 aliphatic heterocycles. The topological polar surface area (TPSA) is 46.2 Å². The Bertz CT molecular complexity index is 272. The zero-order valence-electron chi connectivity index (χ0n) is 10.6. The summed E-state index contributed by atoms with van der Waals surface area (Å²) in [4.78, 5) is 0. The third-order valence-corrected chi connectivity index (χ3v) is 4.16. The largest absolute Gasteiger partial charge is 0.316 e. The lowest BCUT2D eigenvalue weighted by Crippen LogP contribution is -2.37. The average Bonchev–Trinajstić information content (AvgIpc) is 2.10. The molecule has 0 amide bonds. The van der Waals surface area contributed by atoms with Gasteiger partial charge in [-0.2, -0.15) is 0 Å². The molecular weight excluding hydrogens is 210 g/mol. The van der Waals surface area contributed by atoms with Crippen molar-refractivity contribution in [1.82, 2.24) is 5.32 Å². The maximum absolute atomic E-state index is 11.2. The minimum Gasteiger partial charge on any atom is -0.316 e. The molecule has 92 valence electrons. The summed E-state index contributed by atoms with van der Waals surface area (Å²) in [6.07, 6.45) is 2.04. The first-order valence-electron chi connectivity index (χ1n) is 5.59. The standard InChI is InChI=1S/C11H25NO2S/c1-6-12-9-11(4,10(2)3)7-8-15(5,13)14/h10,12H,6-9H2,1-5H3. The first-order valence-corrected chi connectivity index (χ1v) is 7.66. The van der Waals surface area contributed by atoms with Gasteiger partial charge in [0.25, 0.3) is 0 Å². The fourth-order valence-corrected chi connectivity index (χ4v) is 2.25. The van der Waals surface area contributed by atoms with Crippen molar-refractivity contribution >= 4 is 9.84 Å². The lowest BCUT2D eigenvalue weighted by atomic mass is 9.77. The molecule has 0 radical (unpaired) electrons. The van der Waals surface area contributed by atoms with Gasteiger partial charge in [0.15, 0.2) is 0 Å². The molecule has 0 aromatic rings. The van der Waals surface area contributed by atoms with Crippen LogP contribution >= 0.6 is 0 Å². The first kappa shape index (κ1) is 14.9. The van der Waals surface area contributed by atoms with Gasteiger partial charge in [-0.1, -0.05) is 27.7 Å². The fraction of sp³-hybridized carbons (Fsp3) is 1.00. The predicted octanol–water partition coefficient (Wildman–Crippen LogP) is 1.69. The third kappa shape index (κ3) is 6.15. The average molecular weight is 235 g/mol. The molecule has 0 fully saturated rings. The molecule has 1 atom stereocenters. The van der Waals surface area contributed by atoms with Crippen LogP contribution in [0.15, 0.2) is 0 Å². The van der Waals surface area contributed by atoms with Gasteiger partial charge in [0.1, 0.15) is 9.84 Å². The Kier molecular flexibility index (Phi) is 5.81. The van der Waals surface area contributed by atoms with Crippen LogP contribution < -0.4 is 5.32 Å². The minimum atomic E-state index is -2.84. The minimum absolute atomic E-state index is 0.0685. The van der Waals surface area contributed by atoms with E-state index in [1.165, 1.54) is 6.26 Å². The van der Waals surface area contributed by atoms with E-state index >= 15 is 0 Å². The number of rotatable bonds is 7. The fourth-order valence-electron chi connectivity index (χ4n) is 1.41. The van der Waals surface area contributed by atoms with Crippen LogP contribution in [-0.2, 0) is 9.84 Å². The molecule has 0 aliphatic carbocycles. The highest BCUT2D eigenvalue weighted by molar-refractivity contribution is 7.90. The van der Waals surface area contributed by atoms with Crippen LogP contribution in [0.5, 0.6) is 0 Å². The summed E-state index contributed by atoms with van der Waals surface area (Å²) in [5.74, 6) is 0.769. The molecule has 3 nitrogen and oxygen atoms in total. The van der Waals surface area contributed by atoms with Crippen LogP contribution in [0.2, 0.25) is 0 Å². The van der Waals surface area contributed by atoms with Crippen molar-refractivity contribution < 1.29 is 8.42 Å². The summed E-state index contributed by atoms with van der Waals surface area (Å²) in [6.45, 7) is 10.3. The number of hydrogen-bond donors (Lipinski definition) is 1. The molecule has 0 saturated heterocycles. The van der Waals surface area contributed by atoms with Crippen molar-refractivity contribution in [2.24, 2.45) is 11.3 Å². The van der Waals surface area contributed by atoms with Gasteiger partial charge in [0.2, 0.25) is 0 Å². The normalized spacial score (nSPS) is 16.7. The second-order valence-electron chi connectivity index (χ2n) is 4.97. The molecule has 4 heteroatoms. The van der Waals surface area contributed by atoms with Crippen LogP contribution in [-0.4, -0.2) is 33.5 Å². The van der Waals surface area contributed by atoms with Crippen molar-refractivity contribution in [1.29, 1.82) is 0 Å². The number of hydrogen-bond acceptors (Lipinski definition) is 3. The van der Waals surface area contributed by atoms with E-state index in [-0.39, 0.29) is 11.2 Å². The van der Waals surface area contributed by atoms with E-state index in [9.17, 15) is 8.42 Å². The van der Waals surface area contributed by atoms with Gasteiger partial charge in [0.05, 0.1) is 5.75 Å². The smallest absolute Gasteiger partial charge is 0.147 e. The molecule has 0 heterocycles. The molecule has 15 heavy (non-hydrogen) atoms. The van der Waals surface area contributed by atoms with Gasteiger partial charge >= 0.3 is 0 Å². The Labute approximate surface area is 94.6 Å². The maximum atomic E-state index is 11.2. The molecule has 0 aromatic carbocycles. The summed E-state index contributed by atoms with van der Waals surface area (Å²) in [7, 11) is -2.84. The molecule has 0 aromatic heterocycles. The van der Waals surface area contributed by atoms with Gasteiger partial charge in [-0.05, 0) is 24.3 Å². The summed E-state index contributed by atoms with van der Waals surface area (Å²) in [5.41, 5.74) is 0.0685. The summed E-state index contributed by atoms with van der Waals surface area (Å²) >= 11 is 0. The van der Waals surface area contributed by atoms with Crippen LogP contribution in [0.25, 0.3) is 0 Å². The molecular formula is C11H25NO2S. The molecule has 0 spiro atoms. The van der Waals surface area contributed by atoms with Crippen molar-refractivity contribution in [2.75, 3.05) is 25.1 Å². The molecule has 1 N–H and O–H groups in total. The SMILES string of the molecule is CCNCC(C)(CCS(C)(=O)=O)C(C)C. The molecule has 1 unspecified atom stereocenters. The van der Waals surface area contributed by atoms with Crippen LogP contribution in [0.3, 0.4) is 0 Å². The van der Waals surface area contributed by atoms with Crippen molar-refractivity contribution in [3.8, 4) is 0 Å².